The molecule has 1 aliphatic heterocycles. The van der Waals surface area contributed by atoms with Crippen LogP contribution in [0.3, 0.4) is 0 Å². The Labute approximate surface area is 170 Å². The standard InChI is InChI=1S/C22H25N5O2/c23-14-18-4-3-6-21(26-18)25-17-9-7-16(8-10-17)22(28)27-12-13-29-20(15-27)19-5-1-2-11-24-19/h1-6,11,16-17,20H,7-10,12-13,15H2,(H,25,26). The highest BCUT2D eigenvalue weighted by molar-refractivity contribution is 5.79. The van der Waals surface area contributed by atoms with Crippen LogP contribution in [0.4, 0.5) is 5.82 Å². The molecule has 29 heavy (non-hydrogen) atoms. The summed E-state index contributed by atoms with van der Waals surface area (Å²) in [4.78, 5) is 23.7. The van der Waals surface area contributed by atoms with E-state index in [9.17, 15) is 4.79 Å². The van der Waals surface area contributed by atoms with E-state index in [0.717, 1.165) is 37.2 Å². The van der Waals surface area contributed by atoms with Gasteiger partial charge in [-0.2, -0.15) is 5.26 Å². The monoisotopic (exact) mass is 391 g/mol. The highest BCUT2D eigenvalue weighted by Gasteiger charge is 2.33. The van der Waals surface area contributed by atoms with Gasteiger partial charge in [-0.25, -0.2) is 4.98 Å². The Balaban J connectivity index is 1.30. The summed E-state index contributed by atoms with van der Waals surface area (Å²) in [5, 5.41) is 12.4. The summed E-state index contributed by atoms with van der Waals surface area (Å²) < 4.78 is 5.84. The second-order valence-corrected chi connectivity index (χ2v) is 7.61. The minimum atomic E-state index is -0.148. The predicted octanol–water partition coefficient (Wildman–Crippen LogP) is 2.92. The lowest BCUT2D eigenvalue weighted by atomic mass is 9.85. The zero-order valence-corrected chi connectivity index (χ0v) is 16.3. The summed E-state index contributed by atoms with van der Waals surface area (Å²) in [7, 11) is 0. The molecule has 0 bridgehead atoms. The molecule has 7 heteroatoms. The van der Waals surface area contributed by atoms with Crippen LogP contribution in [0.1, 0.15) is 43.2 Å². The van der Waals surface area contributed by atoms with Crippen molar-refractivity contribution >= 4 is 11.7 Å². The lowest BCUT2D eigenvalue weighted by Crippen LogP contribution is -2.46. The van der Waals surface area contributed by atoms with Crippen molar-refractivity contribution in [2.24, 2.45) is 5.92 Å². The minimum Gasteiger partial charge on any atom is -0.368 e. The van der Waals surface area contributed by atoms with E-state index in [4.69, 9.17) is 10.00 Å². The maximum atomic E-state index is 13.1. The molecular weight excluding hydrogens is 366 g/mol. The third-order valence-electron chi connectivity index (χ3n) is 5.69. The fraction of sp³-hybridized carbons (Fsp3) is 0.455. The predicted molar refractivity (Wildman–Crippen MR) is 108 cm³/mol. The maximum Gasteiger partial charge on any atom is 0.225 e. The molecule has 0 spiro atoms. The van der Waals surface area contributed by atoms with Crippen LogP contribution in [0.25, 0.3) is 0 Å². The molecule has 4 rings (SSSR count). The second-order valence-electron chi connectivity index (χ2n) is 7.61. The number of carbonyl (C=O) groups excluding carboxylic acids is 1. The number of carbonyl (C=O) groups is 1. The van der Waals surface area contributed by atoms with Gasteiger partial charge < -0.3 is 15.0 Å². The van der Waals surface area contributed by atoms with Crippen LogP contribution in [-0.4, -0.2) is 46.5 Å². The number of morpholine rings is 1. The van der Waals surface area contributed by atoms with E-state index in [1.807, 2.05) is 35.2 Å². The van der Waals surface area contributed by atoms with Crippen molar-refractivity contribution in [1.29, 1.82) is 5.26 Å². The van der Waals surface area contributed by atoms with Gasteiger partial charge in [-0.1, -0.05) is 12.1 Å². The van der Waals surface area contributed by atoms with Crippen LogP contribution in [0.15, 0.2) is 42.6 Å². The summed E-state index contributed by atoms with van der Waals surface area (Å²) >= 11 is 0. The molecule has 1 aliphatic carbocycles. The first-order valence-corrected chi connectivity index (χ1v) is 10.2. The molecule has 1 unspecified atom stereocenters. The summed E-state index contributed by atoms with van der Waals surface area (Å²) in [5.41, 5.74) is 1.29. The molecule has 2 aliphatic rings. The van der Waals surface area contributed by atoms with Crippen LogP contribution in [-0.2, 0) is 9.53 Å². The lowest BCUT2D eigenvalue weighted by molar-refractivity contribution is -0.144. The number of ether oxygens (including phenoxy) is 1. The van der Waals surface area contributed by atoms with E-state index in [-0.39, 0.29) is 24.0 Å². The van der Waals surface area contributed by atoms with Gasteiger partial charge in [-0.05, 0) is 49.9 Å². The van der Waals surface area contributed by atoms with E-state index in [1.54, 1.807) is 12.3 Å². The van der Waals surface area contributed by atoms with Crippen LogP contribution >= 0.6 is 0 Å². The largest absolute Gasteiger partial charge is 0.368 e. The Hall–Kier alpha value is -2.98. The average molecular weight is 391 g/mol. The molecule has 0 aromatic carbocycles. The van der Waals surface area contributed by atoms with Crippen molar-refractivity contribution in [3.8, 4) is 6.07 Å². The summed E-state index contributed by atoms with van der Waals surface area (Å²) in [6, 6.07) is 13.5. The Morgan fingerprint density at radius 2 is 2.03 bits per heavy atom. The van der Waals surface area contributed by atoms with Gasteiger partial charge in [0.15, 0.2) is 0 Å². The SMILES string of the molecule is N#Cc1cccc(NC2CCC(C(=O)N3CCOC(c4ccccn4)C3)CC2)n1. The molecule has 150 valence electrons. The number of nitriles is 1. The van der Waals surface area contributed by atoms with Crippen molar-refractivity contribution in [2.75, 3.05) is 25.0 Å². The topological polar surface area (TPSA) is 91.1 Å². The van der Waals surface area contributed by atoms with E-state index >= 15 is 0 Å². The number of rotatable bonds is 4. The maximum absolute atomic E-state index is 13.1. The number of nitrogens with zero attached hydrogens (tertiary/aromatic N) is 4. The van der Waals surface area contributed by atoms with Crippen molar-refractivity contribution < 1.29 is 9.53 Å². The molecule has 2 aromatic heterocycles. The zero-order chi connectivity index (χ0) is 20.1. The third-order valence-corrected chi connectivity index (χ3v) is 5.69. The van der Waals surface area contributed by atoms with Crippen molar-refractivity contribution in [3.05, 3.63) is 54.0 Å². The van der Waals surface area contributed by atoms with Crippen molar-refractivity contribution in [2.45, 2.75) is 37.8 Å². The number of nitrogens with one attached hydrogen (secondary N) is 1. The number of pyridine rings is 2. The minimum absolute atomic E-state index is 0.0638. The second kappa shape index (κ2) is 9.01. The first kappa shape index (κ1) is 19.3. The summed E-state index contributed by atoms with van der Waals surface area (Å²) in [6.07, 6.45) is 5.17. The van der Waals surface area contributed by atoms with Crippen molar-refractivity contribution in [3.63, 3.8) is 0 Å². The van der Waals surface area contributed by atoms with Gasteiger partial charge in [-0.3, -0.25) is 9.78 Å². The van der Waals surface area contributed by atoms with Gasteiger partial charge >= 0.3 is 0 Å². The molecular formula is C22H25N5O2. The Morgan fingerprint density at radius 3 is 2.79 bits per heavy atom. The quantitative estimate of drug-likeness (QED) is 0.862. The number of hydrogen-bond acceptors (Lipinski definition) is 6. The first-order chi connectivity index (χ1) is 14.2. The molecule has 1 saturated heterocycles. The number of anilines is 1. The molecule has 1 saturated carbocycles. The van der Waals surface area contributed by atoms with Crippen LogP contribution in [0.2, 0.25) is 0 Å². The number of amides is 1. The fourth-order valence-corrected chi connectivity index (χ4v) is 4.12. The van der Waals surface area contributed by atoms with Gasteiger partial charge in [0, 0.05) is 24.7 Å². The van der Waals surface area contributed by atoms with Crippen LogP contribution in [0.5, 0.6) is 0 Å². The van der Waals surface area contributed by atoms with Gasteiger partial charge in [0.2, 0.25) is 5.91 Å². The zero-order valence-electron chi connectivity index (χ0n) is 16.3. The Kier molecular flexibility index (Phi) is 6.01. The summed E-state index contributed by atoms with van der Waals surface area (Å²) in [5.74, 6) is 1.02. The molecule has 1 N–H and O–H groups in total. The molecule has 2 aromatic rings. The van der Waals surface area contributed by atoms with Gasteiger partial charge in [0.1, 0.15) is 23.7 Å². The number of aromatic nitrogens is 2. The molecule has 0 radical (unpaired) electrons. The smallest absolute Gasteiger partial charge is 0.225 e. The normalized spacial score (nSPS) is 24.5. The average Bonchev–Trinajstić information content (AvgIpc) is 2.80. The van der Waals surface area contributed by atoms with Crippen LogP contribution in [0, 0.1) is 17.2 Å². The lowest BCUT2D eigenvalue weighted by Gasteiger charge is -2.37. The fourth-order valence-electron chi connectivity index (χ4n) is 4.12. The molecule has 1 amide bonds. The van der Waals surface area contributed by atoms with E-state index in [2.05, 4.69) is 21.4 Å². The molecule has 1 atom stereocenters. The number of hydrogen-bond donors (Lipinski definition) is 1. The first-order valence-electron chi connectivity index (χ1n) is 10.2. The van der Waals surface area contributed by atoms with Crippen LogP contribution < -0.4 is 5.32 Å². The third kappa shape index (κ3) is 4.72. The summed E-state index contributed by atoms with van der Waals surface area (Å²) in [6.45, 7) is 1.76. The molecule has 2 fully saturated rings. The Bertz CT molecular complexity index is 874. The van der Waals surface area contributed by atoms with Gasteiger partial charge in [0.05, 0.1) is 18.8 Å². The van der Waals surface area contributed by atoms with Gasteiger partial charge in [0.25, 0.3) is 0 Å². The molecule has 7 nitrogen and oxygen atoms in total. The highest BCUT2D eigenvalue weighted by atomic mass is 16.5. The van der Waals surface area contributed by atoms with E-state index in [0.29, 0.717) is 25.4 Å². The van der Waals surface area contributed by atoms with Crippen molar-refractivity contribution in [1.82, 2.24) is 14.9 Å². The molecule has 3 heterocycles. The Morgan fingerprint density at radius 1 is 1.17 bits per heavy atom. The van der Waals surface area contributed by atoms with E-state index < -0.39 is 0 Å². The highest BCUT2D eigenvalue weighted by Crippen LogP contribution is 2.29. The van der Waals surface area contributed by atoms with E-state index in [1.165, 1.54) is 0 Å². The van der Waals surface area contributed by atoms with Gasteiger partial charge in [-0.15, -0.1) is 0 Å².